The largest absolute Gasteiger partial charge is 0.397 e. The van der Waals surface area contributed by atoms with Gasteiger partial charge in [0.25, 0.3) is 0 Å². The van der Waals surface area contributed by atoms with E-state index < -0.39 is 0 Å². The molecule has 2 nitrogen and oxygen atoms in total. The Morgan fingerprint density at radius 2 is 1.75 bits per heavy atom. The Morgan fingerprint density at radius 3 is 2.25 bits per heavy atom. The molecular weight excluding hydrogens is 264 g/mol. The molecule has 0 heterocycles. The first-order chi connectivity index (χ1) is 7.56. The summed E-state index contributed by atoms with van der Waals surface area (Å²) in [4.78, 5) is 0. The molecule has 1 aromatic carbocycles. The zero-order valence-corrected chi connectivity index (χ0v) is 11.9. The Balaban J connectivity index is 2.97. The van der Waals surface area contributed by atoms with Crippen LogP contribution in [0.4, 0.5) is 11.4 Å². The second kappa shape index (κ2) is 5.58. The first kappa shape index (κ1) is 13.4. The summed E-state index contributed by atoms with van der Waals surface area (Å²) >= 11 is 3.47. The number of nitrogens with one attached hydrogen (secondary N) is 1. The first-order valence-corrected chi connectivity index (χ1v) is 6.69. The van der Waals surface area contributed by atoms with E-state index in [9.17, 15) is 0 Å². The third kappa shape index (κ3) is 2.91. The maximum absolute atomic E-state index is 5.98. The summed E-state index contributed by atoms with van der Waals surface area (Å²) in [5.41, 5.74) is 7.97. The third-order valence-corrected chi connectivity index (χ3v) is 3.94. The van der Waals surface area contributed by atoms with Crippen molar-refractivity contribution in [3.8, 4) is 0 Å². The van der Waals surface area contributed by atoms with Crippen molar-refractivity contribution in [2.45, 2.75) is 45.6 Å². The van der Waals surface area contributed by atoms with Gasteiger partial charge in [0.1, 0.15) is 0 Å². The van der Waals surface area contributed by atoms with Crippen molar-refractivity contribution >= 4 is 27.3 Å². The topological polar surface area (TPSA) is 38.0 Å². The van der Waals surface area contributed by atoms with Gasteiger partial charge in [-0.1, -0.05) is 36.7 Å². The van der Waals surface area contributed by atoms with Crippen LogP contribution < -0.4 is 11.1 Å². The van der Waals surface area contributed by atoms with Crippen LogP contribution in [0.5, 0.6) is 0 Å². The molecule has 90 valence electrons. The minimum atomic E-state index is 0.162. The van der Waals surface area contributed by atoms with Crippen molar-refractivity contribution in [3.05, 3.63) is 22.7 Å². The van der Waals surface area contributed by atoms with Gasteiger partial charge in [0.05, 0.1) is 11.4 Å². The highest BCUT2D eigenvalue weighted by Gasteiger charge is 2.23. The fourth-order valence-corrected chi connectivity index (χ4v) is 2.30. The van der Waals surface area contributed by atoms with Gasteiger partial charge in [0.15, 0.2) is 0 Å². The molecule has 0 fully saturated rings. The van der Waals surface area contributed by atoms with E-state index in [-0.39, 0.29) is 5.54 Å². The van der Waals surface area contributed by atoms with Crippen LogP contribution in [0.15, 0.2) is 22.7 Å². The van der Waals surface area contributed by atoms with Crippen LogP contribution in [0.3, 0.4) is 0 Å². The number of benzene rings is 1. The molecule has 1 rings (SSSR count). The quantitative estimate of drug-likeness (QED) is 0.786. The number of nitrogen functional groups attached to an aromatic ring is 1. The lowest BCUT2D eigenvalue weighted by atomic mass is 9.89. The highest BCUT2D eigenvalue weighted by Crippen LogP contribution is 2.30. The summed E-state index contributed by atoms with van der Waals surface area (Å²) in [5.74, 6) is 0. The smallest absolute Gasteiger partial charge is 0.0589 e. The van der Waals surface area contributed by atoms with Crippen LogP contribution in [0, 0.1) is 0 Å². The van der Waals surface area contributed by atoms with Gasteiger partial charge in [-0.15, -0.1) is 0 Å². The van der Waals surface area contributed by atoms with Crippen LogP contribution in [-0.4, -0.2) is 5.54 Å². The van der Waals surface area contributed by atoms with Gasteiger partial charge in [-0.2, -0.15) is 0 Å². The van der Waals surface area contributed by atoms with E-state index >= 15 is 0 Å². The number of halogens is 1. The number of anilines is 2. The van der Waals surface area contributed by atoms with Gasteiger partial charge in [-0.05, 0) is 37.5 Å². The number of rotatable bonds is 5. The molecule has 0 spiro atoms. The van der Waals surface area contributed by atoms with Gasteiger partial charge >= 0.3 is 0 Å². The fourth-order valence-electron chi connectivity index (χ4n) is 1.94. The summed E-state index contributed by atoms with van der Waals surface area (Å²) in [5, 5.41) is 3.60. The lowest BCUT2D eigenvalue weighted by Crippen LogP contribution is -2.36. The van der Waals surface area contributed by atoms with Crippen molar-refractivity contribution in [1.29, 1.82) is 0 Å². The highest BCUT2D eigenvalue weighted by molar-refractivity contribution is 9.10. The molecule has 3 N–H and O–H groups in total. The fraction of sp³-hybridized carbons (Fsp3) is 0.538. The zero-order valence-electron chi connectivity index (χ0n) is 10.3. The molecule has 0 aliphatic heterocycles. The molecule has 0 bridgehead atoms. The van der Waals surface area contributed by atoms with E-state index in [0.29, 0.717) is 0 Å². The minimum absolute atomic E-state index is 0.162. The molecule has 0 aliphatic rings. The van der Waals surface area contributed by atoms with Gasteiger partial charge in [-0.25, -0.2) is 0 Å². The molecule has 0 unspecified atom stereocenters. The molecule has 0 aromatic heterocycles. The first-order valence-electron chi connectivity index (χ1n) is 5.90. The molecule has 1 aromatic rings. The van der Waals surface area contributed by atoms with E-state index in [1.807, 2.05) is 18.2 Å². The highest BCUT2D eigenvalue weighted by atomic mass is 79.9. The molecule has 0 amide bonds. The molecule has 3 heteroatoms. The predicted molar refractivity (Wildman–Crippen MR) is 75.8 cm³/mol. The van der Waals surface area contributed by atoms with E-state index in [4.69, 9.17) is 5.73 Å². The number of nitrogens with two attached hydrogens (primary N) is 1. The van der Waals surface area contributed by atoms with Crippen molar-refractivity contribution in [2.24, 2.45) is 0 Å². The lowest BCUT2D eigenvalue weighted by molar-refractivity contribution is 0.420. The Morgan fingerprint density at radius 1 is 1.19 bits per heavy atom. The van der Waals surface area contributed by atoms with E-state index in [2.05, 4.69) is 42.0 Å². The minimum Gasteiger partial charge on any atom is -0.397 e. The monoisotopic (exact) mass is 284 g/mol. The van der Waals surface area contributed by atoms with Crippen molar-refractivity contribution in [3.63, 3.8) is 0 Å². The zero-order chi connectivity index (χ0) is 12.2. The standard InChI is InChI=1S/C13H21BrN2/c1-4-13(5-2,6-3)16-12-9-10(14)7-8-11(12)15/h7-9,16H,4-6,15H2,1-3H3. The van der Waals surface area contributed by atoms with Crippen LogP contribution in [0.1, 0.15) is 40.0 Å². The SMILES string of the molecule is CCC(CC)(CC)Nc1cc(Br)ccc1N. The predicted octanol–water partition coefficient (Wildman–Crippen LogP) is 4.41. The second-order valence-electron chi connectivity index (χ2n) is 4.20. The maximum Gasteiger partial charge on any atom is 0.0589 e. The maximum atomic E-state index is 5.98. The number of hydrogen-bond donors (Lipinski definition) is 2. The Bertz CT molecular complexity index is 338. The van der Waals surface area contributed by atoms with Crippen LogP contribution in [0.25, 0.3) is 0 Å². The van der Waals surface area contributed by atoms with E-state index in [1.54, 1.807) is 0 Å². The van der Waals surface area contributed by atoms with Gasteiger partial charge in [-0.3, -0.25) is 0 Å². The average molecular weight is 285 g/mol. The molecule has 0 atom stereocenters. The molecule has 16 heavy (non-hydrogen) atoms. The summed E-state index contributed by atoms with van der Waals surface area (Å²) in [6.45, 7) is 6.65. The van der Waals surface area contributed by atoms with Crippen molar-refractivity contribution in [2.75, 3.05) is 11.1 Å². The van der Waals surface area contributed by atoms with E-state index in [0.717, 1.165) is 35.1 Å². The molecule has 0 aliphatic carbocycles. The lowest BCUT2D eigenvalue weighted by Gasteiger charge is -2.33. The normalized spacial score (nSPS) is 11.5. The summed E-state index contributed by atoms with van der Waals surface area (Å²) < 4.78 is 1.06. The Kier molecular flexibility index (Phi) is 4.66. The third-order valence-electron chi connectivity index (χ3n) is 3.45. The van der Waals surface area contributed by atoms with Crippen LogP contribution in [-0.2, 0) is 0 Å². The summed E-state index contributed by atoms with van der Waals surface area (Å²) in [7, 11) is 0. The van der Waals surface area contributed by atoms with Crippen molar-refractivity contribution in [1.82, 2.24) is 0 Å². The second-order valence-corrected chi connectivity index (χ2v) is 5.11. The van der Waals surface area contributed by atoms with E-state index in [1.165, 1.54) is 0 Å². The molecular formula is C13H21BrN2. The van der Waals surface area contributed by atoms with Gasteiger partial charge < -0.3 is 11.1 Å². The molecule has 0 radical (unpaired) electrons. The van der Waals surface area contributed by atoms with Crippen LogP contribution in [0.2, 0.25) is 0 Å². The number of hydrogen-bond acceptors (Lipinski definition) is 2. The molecule has 0 saturated heterocycles. The van der Waals surface area contributed by atoms with Crippen LogP contribution >= 0.6 is 15.9 Å². The Labute approximate surface area is 107 Å². The van der Waals surface area contributed by atoms with Gasteiger partial charge in [0, 0.05) is 10.0 Å². The average Bonchev–Trinajstić information content (AvgIpc) is 2.31. The molecule has 0 saturated carbocycles. The summed E-state index contributed by atoms with van der Waals surface area (Å²) in [6, 6.07) is 5.94. The van der Waals surface area contributed by atoms with Gasteiger partial charge in [0.2, 0.25) is 0 Å². The van der Waals surface area contributed by atoms with Crippen molar-refractivity contribution < 1.29 is 0 Å². The Hall–Kier alpha value is -0.700. The summed E-state index contributed by atoms with van der Waals surface area (Å²) in [6.07, 6.45) is 3.31.